The predicted molar refractivity (Wildman–Crippen MR) is 101 cm³/mol. The van der Waals surface area contributed by atoms with Crippen LogP contribution in [0.15, 0.2) is 12.2 Å². The van der Waals surface area contributed by atoms with Gasteiger partial charge in [-0.05, 0) is 53.4 Å². The minimum Gasteiger partial charge on any atom is -0.458 e. The molecule has 4 unspecified atom stereocenters. The maximum absolute atomic E-state index is 13.0. The standard InChI is InChI=1S/C21H34O6/c1-8-21(9-2,27-14(5)19(6,7)24)20-11-10-15(25-17(22)13(3)4)16(12-20)26-18(20)23/h14-16,24H,3,8-12H2,1-2,4-7H3. The largest absolute Gasteiger partial charge is 0.458 e. The molecule has 1 aliphatic heterocycles. The Kier molecular flexibility index (Phi) is 6.12. The van der Waals surface area contributed by atoms with Crippen molar-refractivity contribution in [3.8, 4) is 0 Å². The fraction of sp³-hybridized carbons (Fsp3) is 0.810. The van der Waals surface area contributed by atoms with Crippen molar-refractivity contribution in [3.05, 3.63) is 12.2 Å². The highest BCUT2D eigenvalue weighted by Crippen LogP contribution is 2.56. The van der Waals surface area contributed by atoms with Crippen molar-refractivity contribution in [1.82, 2.24) is 0 Å². The molecule has 0 amide bonds. The first-order valence-corrected chi connectivity index (χ1v) is 9.90. The van der Waals surface area contributed by atoms with E-state index in [0.29, 0.717) is 37.7 Å². The second kappa shape index (κ2) is 7.55. The smallest absolute Gasteiger partial charge is 0.333 e. The number of carbonyl (C=O) groups is 2. The molecule has 1 saturated carbocycles. The SMILES string of the molecule is C=C(C)C(=O)OC1CCC2(C(CC)(CC)OC(C)C(C)(C)O)CC1OC2=O. The minimum absolute atomic E-state index is 0.284. The highest BCUT2D eigenvalue weighted by molar-refractivity contribution is 5.87. The summed E-state index contributed by atoms with van der Waals surface area (Å²) in [5.41, 5.74) is -2.22. The number of fused-ring (bicyclic) bond motifs is 2. The monoisotopic (exact) mass is 382 g/mol. The highest BCUT2D eigenvalue weighted by atomic mass is 16.6. The number of ether oxygens (including phenoxy) is 3. The molecule has 0 aromatic carbocycles. The topological polar surface area (TPSA) is 82.1 Å². The van der Waals surface area contributed by atoms with Gasteiger partial charge in [0.25, 0.3) is 0 Å². The molecule has 0 spiro atoms. The molecule has 2 aliphatic rings. The molecule has 2 bridgehead atoms. The van der Waals surface area contributed by atoms with Crippen LogP contribution in [0.1, 0.15) is 73.6 Å². The lowest BCUT2D eigenvalue weighted by Crippen LogP contribution is -2.57. The summed E-state index contributed by atoms with van der Waals surface area (Å²) in [5.74, 6) is -0.743. The fourth-order valence-electron chi connectivity index (χ4n) is 4.37. The number of carbonyl (C=O) groups excluding carboxylic acids is 2. The van der Waals surface area contributed by atoms with Crippen molar-refractivity contribution < 1.29 is 28.9 Å². The Bertz CT molecular complexity index is 600. The van der Waals surface area contributed by atoms with E-state index in [0.717, 1.165) is 0 Å². The summed E-state index contributed by atoms with van der Waals surface area (Å²) in [6.45, 7) is 14.4. The van der Waals surface area contributed by atoms with Crippen LogP contribution in [-0.2, 0) is 23.8 Å². The van der Waals surface area contributed by atoms with E-state index >= 15 is 0 Å². The average molecular weight is 382 g/mol. The van der Waals surface area contributed by atoms with Gasteiger partial charge in [-0.1, -0.05) is 20.4 Å². The highest BCUT2D eigenvalue weighted by Gasteiger charge is 2.65. The van der Waals surface area contributed by atoms with E-state index in [1.165, 1.54) is 0 Å². The fourth-order valence-corrected chi connectivity index (χ4v) is 4.37. The molecule has 0 aromatic rings. The van der Waals surface area contributed by atoms with E-state index in [-0.39, 0.29) is 5.97 Å². The number of hydrogen-bond donors (Lipinski definition) is 1. The van der Waals surface area contributed by atoms with E-state index in [9.17, 15) is 14.7 Å². The van der Waals surface area contributed by atoms with Gasteiger partial charge < -0.3 is 19.3 Å². The van der Waals surface area contributed by atoms with Gasteiger partial charge >= 0.3 is 11.9 Å². The van der Waals surface area contributed by atoms with Crippen LogP contribution in [0.3, 0.4) is 0 Å². The van der Waals surface area contributed by atoms with Crippen molar-refractivity contribution >= 4 is 11.9 Å². The van der Waals surface area contributed by atoms with Crippen LogP contribution in [0.5, 0.6) is 0 Å². The summed E-state index contributed by atoms with van der Waals surface area (Å²) >= 11 is 0. The molecule has 154 valence electrons. The zero-order valence-corrected chi connectivity index (χ0v) is 17.5. The van der Waals surface area contributed by atoms with E-state index in [2.05, 4.69) is 6.58 Å². The molecule has 4 atom stereocenters. The van der Waals surface area contributed by atoms with Crippen LogP contribution < -0.4 is 0 Å². The maximum Gasteiger partial charge on any atom is 0.333 e. The van der Waals surface area contributed by atoms with E-state index < -0.39 is 40.9 Å². The van der Waals surface area contributed by atoms with Gasteiger partial charge in [-0.15, -0.1) is 0 Å². The normalized spacial score (nSPS) is 29.2. The van der Waals surface area contributed by atoms with Crippen molar-refractivity contribution in [1.29, 1.82) is 0 Å². The Morgan fingerprint density at radius 3 is 2.48 bits per heavy atom. The molecule has 1 aliphatic carbocycles. The summed E-state index contributed by atoms with van der Waals surface area (Å²) < 4.78 is 17.6. The quantitative estimate of drug-likeness (QED) is 0.512. The van der Waals surface area contributed by atoms with Crippen molar-refractivity contribution in [2.45, 2.75) is 103 Å². The number of hydrogen-bond acceptors (Lipinski definition) is 6. The third-order valence-corrected chi connectivity index (χ3v) is 6.49. The first-order chi connectivity index (χ1) is 12.4. The third kappa shape index (κ3) is 3.79. The van der Waals surface area contributed by atoms with E-state index in [1.54, 1.807) is 20.8 Å². The van der Waals surface area contributed by atoms with E-state index in [1.807, 2.05) is 20.8 Å². The van der Waals surface area contributed by atoms with Gasteiger partial charge in [0.2, 0.25) is 0 Å². The predicted octanol–water partition coefficient (Wildman–Crippen LogP) is 3.30. The molecule has 1 heterocycles. The van der Waals surface area contributed by atoms with Gasteiger partial charge in [-0.3, -0.25) is 4.79 Å². The molecular formula is C21H34O6. The molecule has 1 N–H and O–H groups in total. The van der Waals surface area contributed by atoms with Crippen LogP contribution >= 0.6 is 0 Å². The Labute approximate surface area is 162 Å². The molecule has 1 saturated heterocycles. The van der Waals surface area contributed by atoms with Crippen molar-refractivity contribution in [3.63, 3.8) is 0 Å². The second-order valence-electron chi connectivity index (χ2n) is 8.61. The summed E-state index contributed by atoms with van der Waals surface area (Å²) in [7, 11) is 0. The van der Waals surface area contributed by atoms with Crippen molar-refractivity contribution in [2.75, 3.05) is 0 Å². The van der Waals surface area contributed by atoms with Crippen LogP contribution in [-0.4, -0.2) is 46.6 Å². The van der Waals surface area contributed by atoms with Gasteiger partial charge in [0.15, 0.2) is 0 Å². The molecule has 0 aromatic heterocycles. The van der Waals surface area contributed by atoms with Gasteiger partial charge in [0.05, 0.1) is 17.3 Å². The summed E-state index contributed by atoms with van der Waals surface area (Å²) in [5, 5.41) is 10.4. The van der Waals surface area contributed by atoms with Crippen molar-refractivity contribution in [2.24, 2.45) is 5.41 Å². The molecule has 0 radical (unpaired) electrons. The lowest BCUT2D eigenvalue weighted by molar-refractivity contribution is -0.214. The van der Waals surface area contributed by atoms with Gasteiger partial charge in [0, 0.05) is 12.0 Å². The first kappa shape index (κ1) is 21.9. The second-order valence-corrected chi connectivity index (χ2v) is 8.61. The van der Waals surface area contributed by atoms with Gasteiger partial charge in [0.1, 0.15) is 17.6 Å². The molecule has 2 rings (SSSR count). The number of aliphatic hydroxyl groups is 1. The number of rotatable bonds is 8. The first-order valence-electron chi connectivity index (χ1n) is 9.90. The Hall–Kier alpha value is -1.40. The molecule has 2 fully saturated rings. The lowest BCUT2D eigenvalue weighted by Gasteiger charge is -2.49. The lowest BCUT2D eigenvalue weighted by atomic mass is 9.61. The summed E-state index contributed by atoms with van der Waals surface area (Å²) in [4.78, 5) is 24.9. The van der Waals surface area contributed by atoms with Crippen LogP contribution in [0, 0.1) is 5.41 Å². The summed E-state index contributed by atoms with van der Waals surface area (Å²) in [6.07, 6.45) is 1.41. The average Bonchev–Trinajstić information content (AvgIpc) is 2.86. The minimum atomic E-state index is -1.03. The van der Waals surface area contributed by atoms with Gasteiger partial charge in [-0.25, -0.2) is 4.79 Å². The zero-order valence-electron chi connectivity index (χ0n) is 17.5. The molecule has 6 nitrogen and oxygen atoms in total. The Morgan fingerprint density at radius 1 is 1.41 bits per heavy atom. The van der Waals surface area contributed by atoms with Crippen LogP contribution in [0.2, 0.25) is 0 Å². The molecule has 6 heteroatoms. The maximum atomic E-state index is 13.0. The van der Waals surface area contributed by atoms with Crippen LogP contribution in [0.4, 0.5) is 0 Å². The van der Waals surface area contributed by atoms with E-state index in [4.69, 9.17) is 14.2 Å². The molecular weight excluding hydrogens is 348 g/mol. The van der Waals surface area contributed by atoms with Crippen LogP contribution in [0.25, 0.3) is 0 Å². The molecule has 27 heavy (non-hydrogen) atoms. The Morgan fingerprint density at radius 2 is 2.00 bits per heavy atom. The zero-order chi connectivity index (χ0) is 20.6. The number of esters is 2. The Balaban J connectivity index is 2.29. The summed E-state index contributed by atoms with van der Waals surface area (Å²) in [6, 6.07) is 0. The van der Waals surface area contributed by atoms with Gasteiger partial charge in [-0.2, -0.15) is 0 Å². The third-order valence-electron chi connectivity index (χ3n) is 6.49.